The number of fused-ring (bicyclic) bond motifs is 2. The lowest BCUT2D eigenvalue weighted by atomic mass is 9.88. The van der Waals surface area contributed by atoms with Crippen molar-refractivity contribution >= 4 is 12.0 Å². The van der Waals surface area contributed by atoms with Crippen molar-refractivity contribution in [3.63, 3.8) is 0 Å². The SMILES string of the molecule is CCN(CC(C)C(=O)O)C(=O)N(C)CC1CC2CCC1C2. The minimum atomic E-state index is -0.850. The summed E-state index contributed by atoms with van der Waals surface area (Å²) < 4.78 is 0. The predicted octanol–water partition coefficient (Wildman–Crippen LogP) is 2.52. The number of carbonyl (C=O) groups excluding carboxylic acids is 1. The monoisotopic (exact) mass is 296 g/mol. The summed E-state index contributed by atoms with van der Waals surface area (Å²) in [5.41, 5.74) is 0. The second kappa shape index (κ2) is 6.67. The van der Waals surface area contributed by atoms with E-state index < -0.39 is 11.9 Å². The van der Waals surface area contributed by atoms with Crippen LogP contribution in [-0.4, -0.2) is 53.6 Å². The number of aliphatic carboxylic acids is 1. The third kappa shape index (κ3) is 3.69. The molecule has 1 N–H and O–H groups in total. The van der Waals surface area contributed by atoms with E-state index in [0.717, 1.165) is 18.4 Å². The van der Waals surface area contributed by atoms with Gasteiger partial charge in [0, 0.05) is 26.7 Å². The van der Waals surface area contributed by atoms with Gasteiger partial charge in [0.2, 0.25) is 0 Å². The lowest BCUT2D eigenvalue weighted by Gasteiger charge is -2.32. The number of amides is 2. The second-order valence-electron chi connectivity index (χ2n) is 6.88. The van der Waals surface area contributed by atoms with Crippen LogP contribution in [-0.2, 0) is 4.79 Å². The molecule has 0 aliphatic heterocycles. The van der Waals surface area contributed by atoms with E-state index in [-0.39, 0.29) is 12.6 Å². The zero-order valence-electron chi connectivity index (χ0n) is 13.4. The Morgan fingerprint density at radius 2 is 2.00 bits per heavy atom. The van der Waals surface area contributed by atoms with Gasteiger partial charge < -0.3 is 14.9 Å². The summed E-state index contributed by atoms with van der Waals surface area (Å²) in [7, 11) is 1.85. The molecule has 0 radical (unpaired) electrons. The molecule has 21 heavy (non-hydrogen) atoms. The third-order valence-corrected chi connectivity index (χ3v) is 5.29. The van der Waals surface area contributed by atoms with Crippen molar-refractivity contribution in [3.8, 4) is 0 Å². The van der Waals surface area contributed by atoms with Crippen LogP contribution < -0.4 is 0 Å². The number of urea groups is 1. The standard InChI is InChI=1S/C16H28N2O3/c1-4-18(9-11(2)15(19)20)16(21)17(3)10-14-8-12-5-6-13(14)7-12/h11-14H,4-10H2,1-3H3,(H,19,20). The van der Waals surface area contributed by atoms with E-state index in [4.69, 9.17) is 5.11 Å². The molecule has 0 aromatic carbocycles. The second-order valence-corrected chi connectivity index (χ2v) is 6.88. The highest BCUT2D eigenvalue weighted by Crippen LogP contribution is 2.48. The van der Waals surface area contributed by atoms with Gasteiger partial charge >= 0.3 is 12.0 Å². The molecular formula is C16H28N2O3. The third-order valence-electron chi connectivity index (χ3n) is 5.29. The van der Waals surface area contributed by atoms with E-state index in [1.54, 1.807) is 16.7 Å². The summed E-state index contributed by atoms with van der Waals surface area (Å²) in [4.78, 5) is 26.9. The molecule has 4 atom stereocenters. The van der Waals surface area contributed by atoms with Crippen LogP contribution in [0.15, 0.2) is 0 Å². The maximum atomic E-state index is 12.5. The smallest absolute Gasteiger partial charge is 0.319 e. The van der Waals surface area contributed by atoms with Gasteiger partial charge in [-0.15, -0.1) is 0 Å². The van der Waals surface area contributed by atoms with Gasteiger partial charge in [-0.1, -0.05) is 13.3 Å². The molecule has 2 amide bonds. The van der Waals surface area contributed by atoms with Crippen LogP contribution in [0.1, 0.15) is 39.5 Å². The van der Waals surface area contributed by atoms with Gasteiger partial charge in [0.25, 0.3) is 0 Å². The Bertz CT molecular complexity index is 399. The molecule has 2 rings (SSSR count). The first-order valence-electron chi connectivity index (χ1n) is 8.15. The van der Waals surface area contributed by atoms with Crippen LogP contribution in [0, 0.1) is 23.7 Å². The molecule has 0 spiro atoms. The van der Waals surface area contributed by atoms with Gasteiger partial charge in [-0.05, 0) is 43.9 Å². The normalized spacial score (nSPS) is 28.4. The van der Waals surface area contributed by atoms with E-state index in [1.165, 1.54) is 25.7 Å². The average molecular weight is 296 g/mol. The first-order valence-corrected chi connectivity index (χ1v) is 8.15. The number of hydrogen-bond acceptors (Lipinski definition) is 2. The van der Waals surface area contributed by atoms with Crippen molar-refractivity contribution in [2.75, 3.05) is 26.7 Å². The summed E-state index contributed by atoms with van der Waals surface area (Å²) in [6.07, 6.45) is 5.31. The first-order chi connectivity index (χ1) is 9.92. The molecule has 0 saturated heterocycles. The number of nitrogens with zero attached hydrogens (tertiary/aromatic N) is 2. The summed E-state index contributed by atoms with van der Waals surface area (Å²) in [5, 5.41) is 9.00. The Hall–Kier alpha value is -1.26. The topological polar surface area (TPSA) is 60.9 Å². The van der Waals surface area contributed by atoms with E-state index in [1.807, 2.05) is 14.0 Å². The fourth-order valence-corrected chi connectivity index (χ4v) is 4.02. The molecule has 0 aromatic heterocycles. The molecule has 5 heteroatoms. The number of hydrogen-bond donors (Lipinski definition) is 1. The molecule has 4 unspecified atom stereocenters. The van der Waals surface area contributed by atoms with Crippen molar-refractivity contribution in [2.45, 2.75) is 39.5 Å². The Kier molecular flexibility index (Phi) is 5.12. The van der Waals surface area contributed by atoms with Crippen molar-refractivity contribution < 1.29 is 14.7 Å². The lowest BCUT2D eigenvalue weighted by molar-refractivity contribution is -0.141. The predicted molar refractivity (Wildman–Crippen MR) is 81.0 cm³/mol. The van der Waals surface area contributed by atoms with Crippen LogP contribution in [0.3, 0.4) is 0 Å². The van der Waals surface area contributed by atoms with Gasteiger partial charge in [-0.3, -0.25) is 4.79 Å². The zero-order chi connectivity index (χ0) is 15.6. The maximum Gasteiger partial charge on any atom is 0.319 e. The largest absolute Gasteiger partial charge is 0.481 e. The van der Waals surface area contributed by atoms with Crippen LogP contribution in [0.4, 0.5) is 4.79 Å². The number of carboxylic acid groups (broad SMARTS) is 1. The lowest BCUT2D eigenvalue weighted by Crippen LogP contribution is -2.45. The van der Waals surface area contributed by atoms with E-state index in [2.05, 4.69) is 0 Å². The fourth-order valence-electron chi connectivity index (χ4n) is 4.02. The van der Waals surface area contributed by atoms with Crippen molar-refractivity contribution in [2.24, 2.45) is 23.7 Å². The van der Waals surface area contributed by atoms with Crippen molar-refractivity contribution in [3.05, 3.63) is 0 Å². The van der Waals surface area contributed by atoms with E-state index in [0.29, 0.717) is 12.5 Å². The molecule has 2 aliphatic carbocycles. The minimum Gasteiger partial charge on any atom is -0.481 e. The summed E-state index contributed by atoms with van der Waals surface area (Å²) in [6.45, 7) is 5.20. The molecule has 0 aromatic rings. The summed E-state index contributed by atoms with van der Waals surface area (Å²) in [6, 6.07) is -0.0339. The highest BCUT2D eigenvalue weighted by Gasteiger charge is 2.40. The molecule has 0 heterocycles. The number of carbonyl (C=O) groups is 2. The van der Waals surface area contributed by atoms with Gasteiger partial charge in [0.05, 0.1) is 5.92 Å². The van der Waals surface area contributed by atoms with Gasteiger partial charge in [0.1, 0.15) is 0 Å². The van der Waals surface area contributed by atoms with Crippen LogP contribution in [0.25, 0.3) is 0 Å². The van der Waals surface area contributed by atoms with Crippen LogP contribution in [0.2, 0.25) is 0 Å². The Morgan fingerprint density at radius 3 is 2.48 bits per heavy atom. The first kappa shape index (κ1) is 16.1. The zero-order valence-corrected chi connectivity index (χ0v) is 13.4. The van der Waals surface area contributed by atoms with Gasteiger partial charge in [-0.2, -0.15) is 0 Å². The molecule has 2 bridgehead atoms. The average Bonchev–Trinajstić information content (AvgIpc) is 3.05. The van der Waals surface area contributed by atoms with Crippen molar-refractivity contribution in [1.29, 1.82) is 0 Å². The Morgan fingerprint density at radius 1 is 1.29 bits per heavy atom. The summed E-state index contributed by atoms with van der Waals surface area (Å²) in [5.74, 6) is 0.964. The fraction of sp³-hybridized carbons (Fsp3) is 0.875. The molecule has 2 fully saturated rings. The molecule has 120 valence electrons. The molecule has 5 nitrogen and oxygen atoms in total. The maximum absolute atomic E-state index is 12.5. The number of rotatable bonds is 6. The van der Waals surface area contributed by atoms with E-state index in [9.17, 15) is 9.59 Å². The molecule has 2 saturated carbocycles. The minimum absolute atomic E-state index is 0.0339. The van der Waals surface area contributed by atoms with Crippen LogP contribution >= 0.6 is 0 Å². The molecular weight excluding hydrogens is 268 g/mol. The van der Waals surface area contributed by atoms with Crippen molar-refractivity contribution in [1.82, 2.24) is 9.80 Å². The Labute approximate surface area is 127 Å². The van der Waals surface area contributed by atoms with Gasteiger partial charge in [0.15, 0.2) is 0 Å². The van der Waals surface area contributed by atoms with Gasteiger partial charge in [-0.25, -0.2) is 4.79 Å². The van der Waals surface area contributed by atoms with E-state index >= 15 is 0 Å². The number of carboxylic acids is 1. The highest BCUT2D eigenvalue weighted by atomic mass is 16.4. The summed E-state index contributed by atoms with van der Waals surface area (Å²) >= 11 is 0. The molecule has 2 aliphatic rings. The Balaban J connectivity index is 1.86. The highest BCUT2D eigenvalue weighted by molar-refractivity contribution is 5.76. The van der Waals surface area contributed by atoms with Crippen LogP contribution in [0.5, 0.6) is 0 Å². The quantitative estimate of drug-likeness (QED) is 0.819.